The summed E-state index contributed by atoms with van der Waals surface area (Å²) in [6.07, 6.45) is 0.113. The zero-order chi connectivity index (χ0) is 21.7. The lowest BCUT2D eigenvalue weighted by Crippen LogP contribution is -2.37. The topological polar surface area (TPSA) is 96.8 Å². The molecule has 166 valence electrons. The minimum Gasteiger partial charge on any atom is -0.378 e. The van der Waals surface area contributed by atoms with Crippen LogP contribution in [0.4, 0.5) is 14.7 Å². The zero-order valence-electron chi connectivity index (χ0n) is 17.3. The predicted octanol–water partition coefficient (Wildman–Crippen LogP) is 2.68. The predicted molar refractivity (Wildman–Crippen MR) is 115 cm³/mol. The average Bonchev–Trinajstić information content (AvgIpc) is 3.57. The molecule has 1 unspecified atom stereocenters. The molecule has 6 rings (SSSR count). The van der Waals surface area contributed by atoms with Crippen LogP contribution < -0.4 is 10.2 Å². The molecule has 0 saturated carbocycles. The lowest BCUT2D eigenvalue weighted by Gasteiger charge is -2.27. The molecule has 2 N–H and O–H groups in total. The van der Waals surface area contributed by atoms with Crippen molar-refractivity contribution < 1.29 is 13.5 Å². The number of H-pyrrole nitrogens is 1. The molecule has 0 radical (unpaired) electrons. The molecule has 5 heterocycles. The maximum Gasteiger partial charge on any atom is 0.295 e. The van der Waals surface area contributed by atoms with Gasteiger partial charge >= 0.3 is 0 Å². The minimum absolute atomic E-state index is 0.256. The van der Waals surface area contributed by atoms with Gasteiger partial charge in [-0.05, 0) is 19.0 Å². The molecule has 3 aromatic heterocycles. The third-order valence-corrected chi connectivity index (χ3v) is 6.12. The van der Waals surface area contributed by atoms with Gasteiger partial charge in [-0.3, -0.25) is 0 Å². The SMILES string of the molecule is FC(F)c1nc2c(-c3nc(N4CCOCC4)nc4c3ncn4C3CCNC3)cccc2[nH]1. The van der Waals surface area contributed by atoms with Gasteiger partial charge in [0.15, 0.2) is 11.5 Å². The Morgan fingerprint density at radius 2 is 1.97 bits per heavy atom. The number of benzene rings is 1. The van der Waals surface area contributed by atoms with Crippen molar-refractivity contribution in [2.45, 2.75) is 18.9 Å². The number of fused-ring (bicyclic) bond motifs is 2. The molecule has 11 heteroatoms. The third-order valence-electron chi connectivity index (χ3n) is 6.12. The maximum absolute atomic E-state index is 13.3. The Morgan fingerprint density at radius 3 is 2.75 bits per heavy atom. The number of nitrogens with one attached hydrogen (secondary N) is 2. The number of aromatic amines is 1. The van der Waals surface area contributed by atoms with Gasteiger partial charge in [0.05, 0.1) is 36.6 Å². The van der Waals surface area contributed by atoms with E-state index in [0.717, 1.165) is 25.2 Å². The highest BCUT2D eigenvalue weighted by Gasteiger charge is 2.25. The van der Waals surface area contributed by atoms with Gasteiger partial charge in [-0.25, -0.2) is 23.7 Å². The fourth-order valence-corrected chi connectivity index (χ4v) is 4.49. The molecule has 0 spiro atoms. The number of morpholine rings is 1. The maximum atomic E-state index is 13.3. The summed E-state index contributed by atoms with van der Waals surface area (Å²) < 4.78 is 34.2. The number of nitrogens with zero attached hydrogens (tertiary/aromatic N) is 6. The second kappa shape index (κ2) is 7.75. The van der Waals surface area contributed by atoms with Crippen LogP contribution in [0.2, 0.25) is 0 Å². The van der Waals surface area contributed by atoms with Crippen LogP contribution in [0.5, 0.6) is 0 Å². The molecule has 2 aliphatic rings. The molecular formula is C21H22F2N8O. The van der Waals surface area contributed by atoms with Gasteiger partial charge in [0, 0.05) is 25.2 Å². The zero-order valence-corrected chi connectivity index (χ0v) is 17.3. The molecule has 2 fully saturated rings. The van der Waals surface area contributed by atoms with Crippen molar-refractivity contribution in [2.24, 2.45) is 0 Å². The summed E-state index contributed by atoms with van der Waals surface area (Å²) in [6, 6.07) is 5.65. The van der Waals surface area contributed by atoms with Gasteiger partial charge in [0.1, 0.15) is 11.2 Å². The largest absolute Gasteiger partial charge is 0.378 e. The van der Waals surface area contributed by atoms with Crippen molar-refractivity contribution in [1.29, 1.82) is 0 Å². The van der Waals surface area contributed by atoms with Crippen molar-refractivity contribution in [3.8, 4) is 11.3 Å². The number of hydrogen-bond donors (Lipinski definition) is 2. The van der Waals surface area contributed by atoms with E-state index in [2.05, 4.69) is 29.7 Å². The highest BCUT2D eigenvalue weighted by Crippen LogP contribution is 2.34. The van der Waals surface area contributed by atoms with Gasteiger partial charge in [-0.15, -0.1) is 0 Å². The number of halogens is 2. The molecule has 32 heavy (non-hydrogen) atoms. The second-order valence-electron chi connectivity index (χ2n) is 8.07. The van der Waals surface area contributed by atoms with E-state index >= 15 is 0 Å². The molecule has 0 bridgehead atoms. The summed E-state index contributed by atoms with van der Waals surface area (Å²) in [5.74, 6) is 0.235. The Morgan fingerprint density at radius 1 is 1.09 bits per heavy atom. The molecule has 4 aromatic rings. The van der Waals surface area contributed by atoms with Crippen LogP contribution in [-0.2, 0) is 4.74 Å². The normalized spacial score (nSPS) is 19.6. The first-order valence-electron chi connectivity index (χ1n) is 10.7. The molecule has 0 amide bonds. The fraction of sp³-hybridized carbons (Fsp3) is 0.429. The number of hydrogen-bond acceptors (Lipinski definition) is 7. The summed E-state index contributed by atoms with van der Waals surface area (Å²) in [6.45, 7) is 4.38. The van der Waals surface area contributed by atoms with Gasteiger partial charge in [-0.1, -0.05) is 12.1 Å². The number of ether oxygens (including phenoxy) is 1. The molecule has 9 nitrogen and oxygen atoms in total. The Kier molecular flexibility index (Phi) is 4.72. The first kappa shape index (κ1) is 19.5. The molecular weight excluding hydrogens is 418 g/mol. The smallest absolute Gasteiger partial charge is 0.295 e. The van der Waals surface area contributed by atoms with Gasteiger partial charge in [-0.2, -0.15) is 4.98 Å². The lowest BCUT2D eigenvalue weighted by atomic mass is 10.1. The van der Waals surface area contributed by atoms with Crippen LogP contribution in [-0.4, -0.2) is 68.9 Å². The van der Waals surface area contributed by atoms with E-state index in [1.807, 2.05) is 12.1 Å². The molecule has 2 saturated heterocycles. The summed E-state index contributed by atoms with van der Waals surface area (Å²) in [5.41, 5.74) is 3.63. The highest BCUT2D eigenvalue weighted by molar-refractivity contribution is 5.99. The summed E-state index contributed by atoms with van der Waals surface area (Å²) in [5, 5.41) is 3.38. The molecule has 0 aliphatic carbocycles. The summed E-state index contributed by atoms with van der Waals surface area (Å²) in [7, 11) is 0. The van der Waals surface area contributed by atoms with Crippen molar-refractivity contribution in [1.82, 2.24) is 34.8 Å². The van der Waals surface area contributed by atoms with Gasteiger partial charge in [0.25, 0.3) is 6.43 Å². The van der Waals surface area contributed by atoms with E-state index < -0.39 is 6.43 Å². The number of alkyl halides is 2. The number of aromatic nitrogens is 6. The van der Waals surface area contributed by atoms with Crippen LogP contribution >= 0.6 is 0 Å². The van der Waals surface area contributed by atoms with Crippen LogP contribution in [0, 0.1) is 0 Å². The number of anilines is 1. The number of para-hydroxylation sites is 1. The van der Waals surface area contributed by atoms with E-state index in [0.29, 0.717) is 60.1 Å². The van der Waals surface area contributed by atoms with E-state index in [9.17, 15) is 8.78 Å². The van der Waals surface area contributed by atoms with E-state index in [1.54, 1.807) is 12.4 Å². The summed E-state index contributed by atoms with van der Waals surface area (Å²) >= 11 is 0. The minimum atomic E-state index is -2.68. The molecule has 1 aromatic carbocycles. The quantitative estimate of drug-likeness (QED) is 0.504. The first-order chi connectivity index (χ1) is 15.7. The Hall–Kier alpha value is -3.18. The van der Waals surface area contributed by atoms with Gasteiger partial charge < -0.3 is 24.5 Å². The van der Waals surface area contributed by atoms with Crippen molar-refractivity contribution in [3.05, 3.63) is 30.4 Å². The molecule has 2 aliphatic heterocycles. The summed E-state index contributed by atoms with van der Waals surface area (Å²) in [4.78, 5) is 23.4. The van der Waals surface area contributed by atoms with Crippen molar-refractivity contribution in [2.75, 3.05) is 44.3 Å². The Balaban J connectivity index is 1.58. The third kappa shape index (κ3) is 3.19. The van der Waals surface area contributed by atoms with Crippen molar-refractivity contribution >= 4 is 28.1 Å². The molecule has 1 atom stereocenters. The van der Waals surface area contributed by atoms with E-state index in [-0.39, 0.29) is 11.9 Å². The average molecular weight is 440 g/mol. The van der Waals surface area contributed by atoms with Crippen LogP contribution in [0.25, 0.3) is 33.5 Å². The van der Waals surface area contributed by atoms with Crippen molar-refractivity contribution in [3.63, 3.8) is 0 Å². The lowest BCUT2D eigenvalue weighted by molar-refractivity contribution is 0.122. The number of rotatable bonds is 4. The Bertz CT molecular complexity index is 1270. The Labute approximate surface area is 181 Å². The monoisotopic (exact) mass is 440 g/mol. The van der Waals surface area contributed by atoms with Gasteiger partial charge in [0.2, 0.25) is 5.95 Å². The first-order valence-corrected chi connectivity index (χ1v) is 10.7. The van der Waals surface area contributed by atoms with Crippen LogP contribution in [0.1, 0.15) is 24.7 Å². The fourth-order valence-electron chi connectivity index (χ4n) is 4.49. The van der Waals surface area contributed by atoms with Crippen LogP contribution in [0.15, 0.2) is 24.5 Å². The standard InChI is InChI=1S/C21H22F2N8O/c22-18(23)19-26-14-3-1-2-13(15(14)27-19)16-17-20(31(11-25-17)12-4-5-24-10-12)29-21(28-16)30-6-8-32-9-7-30/h1-3,11-12,18,24H,4-10H2,(H,26,27). The van der Waals surface area contributed by atoms with Crippen LogP contribution in [0.3, 0.4) is 0 Å². The van der Waals surface area contributed by atoms with E-state index in [4.69, 9.17) is 14.7 Å². The highest BCUT2D eigenvalue weighted by atomic mass is 19.3. The number of imidazole rings is 2. The second-order valence-corrected chi connectivity index (χ2v) is 8.07. The van der Waals surface area contributed by atoms with E-state index in [1.165, 1.54) is 0 Å².